The van der Waals surface area contributed by atoms with E-state index in [-0.39, 0.29) is 35.9 Å². The van der Waals surface area contributed by atoms with Crippen LogP contribution < -0.4 is 15.4 Å². The molecule has 70 heavy (non-hydrogen) atoms. The minimum Gasteiger partial charge on any atom is -0.508 e. The van der Waals surface area contributed by atoms with Gasteiger partial charge in [0.05, 0.1) is 28.2 Å². The Labute approximate surface area is 424 Å². The Morgan fingerprint density at radius 3 is 2.11 bits per heavy atom. The van der Waals surface area contributed by atoms with E-state index in [4.69, 9.17) is 16.3 Å². The number of aromatic hydroxyl groups is 1. The summed E-state index contributed by atoms with van der Waals surface area (Å²) < 4.78 is 6.25. The summed E-state index contributed by atoms with van der Waals surface area (Å²) in [6.45, 7) is 16.2. The van der Waals surface area contributed by atoms with E-state index in [2.05, 4.69) is 70.5 Å². The van der Waals surface area contributed by atoms with Crippen LogP contribution in [0.3, 0.4) is 0 Å². The van der Waals surface area contributed by atoms with E-state index in [1.54, 1.807) is 28.4 Å². The topological polar surface area (TPSA) is 130 Å². The first-order valence-electron chi connectivity index (χ1n) is 25.2. The number of unbranched alkanes of at least 4 members (excludes halogenated alkanes) is 4. The minimum atomic E-state index is -0.735. The monoisotopic (exact) mass is 989 g/mol. The lowest BCUT2D eigenvalue weighted by molar-refractivity contribution is -0.142. The summed E-state index contributed by atoms with van der Waals surface area (Å²) in [5, 5.41) is 27.2. The number of nitrogens with one attached hydrogen (secondary N) is 2. The highest BCUT2D eigenvalue weighted by Gasteiger charge is 2.43. The van der Waals surface area contributed by atoms with E-state index in [0.717, 1.165) is 120 Å². The van der Waals surface area contributed by atoms with Gasteiger partial charge in [0, 0.05) is 58.1 Å². The van der Waals surface area contributed by atoms with E-state index in [1.165, 1.54) is 12.8 Å². The van der Waals surface area contributed by atoms with Gasteiger partial charge in [-0.05, 0) is 108 Å². The molecule has 13 heteroatoms. The van der Waals surface area contributed by atoms with Crippen molar-refractivity contribution < 1.29 is 24.5 Å². The number of aliphatic hydroxyl groups excluding tert-OH is 1. The second kappa shape index (κ2) is 25.9. The van der Waals surface area contributed by atoms with Crippen LogP contribution in [0.25, 0.3) is 21.6 Å². The second-order valence-corrected chi connectivity index (χ2v) is 21.1. The molecular formula is C57H73ClN6O5S. The number of alkyl halides is 1. The number of thiazole rings is 1. The summed E-state index contributed by atoms with van der Waals surface area (Å²) in [6, 6.07) is 33.0. The van der Waals surface area contributed by atoms with E-state index in [0.29, 0.717) is 25.5 Å². The molecule has 1 aromatic heterocycles. The predicted octanol–water partition coefficient (Wildman–Crippen LogP) is 9.64. The fourth-order valence-electron chi connectivity index (χ4n) is 9.67. The molecule has 0 radical (unpaired) electrons. The number of ether oxygens (including phenoxy) is 1. The first-order valence-corrected chi connectivity index (χ1v) is 26.6. The van der Waals surface area contributed by atoms with Crippen molar-refractivity contribution in [1.82, 2.24) is 30.3 Å². The van der Waals surface area contributed by atoms with Crippen molar-refractivity contribution in [2.24, 2.45) is 5.41 Å². The van der Waals surface area contributed by atoms with Gasteiger partial charge >= 0.3 is 0 Å². The number of piperazine rings is 1. The van der Waals surface area contributed by atoms with Crippen LogP contribution in [-0.4, -0.2) is 125 Å². The molecule has 2 aliphatic heterocycles. The molecule has 3 atom stereocenters. The van der Waals surface area contributed by atoms with Crippen LogP contribution in [0.5, 0.6) is 11.5 Å². The number of amides is 2. The number of allylic oxidation sites excluding steroid dienone is 1. The Bertz CT molecular complexity index is 2430. The molecule has 4 aromatic carbocycles. The number of β-amino-alcohol motifs (C(OH)–C–C–N with tert-alkyl or cyclic N) is 1. The van der Waals surface area contributed by atoms with E-state index in [9.17, 15) is 19.8 Å². The second-order valence-electron chi connectivity index (χ2n) is 19.9. The van der Waals surface area contributed by atoms with Crippen molar-refractivity contribution in [2.75, 3.05) is 64.8 Å². The van der Waals surface area contributed by atoms with Crippen molar-refractivity contribution in [1.29, 1.82) is 0 Å². The van der Waals surface area contributed by atoms with Crippen LogP contribution >= 0.6 is 22.9 Å². The van der Waals surface area contributed by atoms with E-state index >= 15 is 0 Å². The summed E-state index contributed by atoms with van der Waals surface area (Å²) in [7, 11) is 0. The fourth-order valence-corrected chi connectivity index (χ4v) is 10.7. The Morgan fingerprint density at radius 1 is 0.829 bits per heavy atom. The van der Waals surface area contributed by atoms with Gasteiger partial charge in [-0.15, -0.1) is 22.9 Å². The molecule has 374 valence electrons. The number of hydrogen-bond donors (Lipinski definition) is 4. The lowest BCUT2D eigenvalue weighted by Crippen LogP contribution is -2.56. The SMILES string of the molecule is Cc1ncsc1-c1ccc(CNC(=O)[C@@H]2C[C@@H](O)CN2C(=O)[C@@H](NCCCCCCCN2CCN(CCOc3ccc(C(=C(CCCl)c4ccccc4)c4ccc(O)cc4)cc3)CC2)C(C)(C)C)cc1. The number of nitrogens with zero attached hydrogens (tertiary/aromatic N) is 4. The molecule has 3 heterocycles. The Kier molecular flexibility index (Phi) is 19.5. The van der Waals surface area contributed by atoms with Crippen molar-refractivity contribution in [2.45, 2.75) is 97.4 Å². The third-order valence-electron chi connectivity index (χ3n) is 13.6. The number of hydrogen-bond acceptors (Lipinski definition) is 10. The van der Waals surface area contributed by atoms with Gasteiger partial charge in [-0.3, -0.25) is 14.5 Å². The van der Waals surface area contributed by atoms with Crippen LogP contribution in [-0.2, 0) is 16.1 Å². The first kappa shape index (κ1) is 52.7. The molecule has 7 rings (SSSR count). The summed E-state index contributed by atoms with van der Waals surface area (Å²) in [5.74, 6) is 1.22. The normalized spacial score (nSPS) is 17.6. The molecular weight excluding hydrogens is 916 g/mol. The summed E-state index contributed by atoms with van der Waals surface area (Å²) >= 11 is 7.95. The Balaban J connectivity index is 0.776. The van der Waals surface area contributed by atoms with Crippen LogP contribution in [0.1, 0.15) is 93.7 Å². The van der Waals surface area contributed by atoms with E-state index in [1.807, 2.05) is 79.2 Å². The summed E-state index contributed by atoms with van der Waals surface area (Å²) in [5.41, 5.74) is 10.0. The summed E-state index contributed by atoms with van der Waals surface area (Å²) in [6.07, 6.45) is 5.78. The highest BCUT2D eigenvalue weighted by Crippen LogP contribution is 2.36. The highest BCUT2D eigenvalue weighted by atomic mass is 35.5. The number of phenolic OH excluding ortho intramolecular Hbond substituents is 1. The molecule has 2 fully saturated rings. The number of phenols is 1. The number of benzene rings is 4. The lowest BCUT2D eigenvalue weighted by atomic mass is 9.85. The molecule has 2 saturated heterocycles. The molecule has 2 amide bonds. The van der Waals surface area contributed by atoms with Gasteiger partial charge in [0.15, 0.2) is 0 Å². The fraction of sp³-hybridized carbons (Fsp3) is 0.456. The number of aliphatic hydroxyl groups is 1. The lowest BCUT2D eigenvalue weighted by Gasteiger charge is -2.35. The number of carbonyl (C=O) groups excluding carboxylic acids is 2. The maximum atomic E-state index is 14.1. The van der Waals surface area contributed by atoms with Crippen LogP contribution in [0.15, 0.2) is 109 Å². The number of carbonyl (C=O) groups is 2. The zero-order valence-corrected chi connectivity index (χ0v) is 43.1. The van der Waals surface area contributed by atoms with Crippen molar-refractivity contribution >= 4 is 45.9 Å². The standard InChI is InChI=1S/C57H73ClN6O5S/c1-41-53(70-40-61-41)46-17-15-42(16-18-46)38-60-55(67)51-37-48(66)39-64(51)56(68)54(57(2,3)4)59-29-11-6-5-7-12-30-62-31-33-63(34-32-62)35-36-69-49-25-21-45(22-26-49)52(44-19-23-47(65)24-20-44)50(27-28-58)43-13-9-8-10-14-43/h8-10,13-26,40,48,51,54,59,65-66H,5-7,11-12,27-39H2,1-4H3,(H,60,67)/t48-,51+,54-/m1/s1. The Hall–Kier alpha value is -5.08. The highest BCUT2D eigenvalue weighted by molar-refractivity contribution is 7.13. The molecule has 11 nitrogen and oxygen atoms in total. The molecule has 0 bridgehead atoms. The zero-order valence-electron chi connectivity index (χ0n) is 41.5. The maximum absolute atomic E-state index is 14.1. The maximum Gasteiger partial charge on any atom is 0.243 e. The minimum absolute atomic E-state index is 0.127. The molecule has 0 aliphatic carbocycles. The molecule has 5 aromatic rings. The van der Waals surface area contributed by atoms with Crippen molar-refractivity contribution in [3.05, 3.63) is 137 Å². The van der Waals surface area contributed by atoms with Gasteiger partial charge in [0.25, 0.3) is 0 Å². The predicted molar refractivity (Wildman–Crippen MR) is 285 cm³/mol. The molecule has 0 saturated carbocycles. The van der Waals surface area contributed by atoms with Crippen molar-refractivity contribution in [3.63, 3.8) is 0 Å². The van der Waals surface area contributed by atoms with E-state index < -0.39 is 18.2 Å². The zero-order chi connectivity index (χ0) is 49.5. The number of halogens is 1. The van der Waals surface area contributed by atoms with Gasteiger partial charge in [-0.2, -0.15) is 0 Å². The van der Waals surface area contributed by atoms with Gasteiger partial charge in [-0.25, -0.2) is 4.98 Å². The average molecular weight is 990 g/mol. The first-order chi connectivity index (χ1) is 33.9. The number of rotatable bonds is 23. The van der Waals surface area contributed by atoms with Crippen LogP contribution in [0.4, 0.5) is 0 Å². The van der Waals surface area contributed by atoms with Crippen LogP contribution in [0.2, 0.25) is 0 Å². The number of aromatic nitrogens is 1. The Morgan fingerprint density at radius 2 is 1.47 bits per heavy atom. The number of aryl methyl sites for hydroxylation is 1. The molecule has 0 spiro atoms. The quantitative estimate of drug-likeness (QED) is 0.0287. The third kappa shape index (κ3) is 14.7. The van der Waals surface area contributed by atoms with Gasteiger partial charge < -0.3 is 35.4 Å². The van der Waals surface area contributed by atoms with Crippen LogP contribution in [0, 0.1) is 12.3 Å². The molecule has 4 N–H and O–H groups in total. The number of likely N-dealkylation sites (tertiary alicyclic amines) is 1. The molecule has 2 aliphatic rings. The third-order valence-corrected chi connectivity index (χ3v) is 14.8. The van der Waals surface area contributed by atoms with Gasteiger partial charge in [0.1, 0.15) is 24.1 Å². The van der Waals surface area contributed by atoms with Gasteiger partial charge in [0.2, 0.25) is 11.8 Å². The summed E-state index contributed by atoms with van der Waals surface area (Å²) in [4.78, 5) is 39.7. The smallest absolute Gasteiger partial charge is 0.243 e. The van der Waals surface area contributed by atoms with Crippen molar-refractivity contribution in [3.8, 4) is 21.9 Å². The largest absolute Gasteiger partial charge is 0.508 e. The molecule has 0 unspecified atom stereocenters. The van der Waals surface area contributed by atoms with Gasteiger partial charge in [-0.1, -0.05) is 119 Å². The average Bonchev–Trinajstić information content (AvgIpc) is 3.98.